The molecule has 0 saturated carbocycles. The number of aryl methyl sites for hydroxylation is 2. The van der Waals surface area contributed by atoms with Gasteiger partial charge in [-0.1, -0.05) is 24.3 Å². The number of benzene rings is 6. The van der Waals surface area contributed by atoms with Crippen LogP contribution in [0.2, 0.25) is 0 Å². The second kappa shape index (κ2) is 18.1. The van der Waals surface area contributed by atoms with E-state index in [1.807, 2.05) is 74.1 Å². The molecule has 0 atom stereocenters. The zero-order valence-electron chi connectivity index (χ0n) is 41.6. The first-order valence-electron chi connectivity index (χ1n) is 25.0. The smallest absolute Gasteiger partial charge is 0.210 e. The molecule has 0 fully saturated rings. The van der Waals surface area contributed by atoms with E-state index in [9.17, 15) is 29.4 Å². The van der Waals surface area contributed by atoms with Crippen LogP contribution in [-0.4, -0.2) is 77.9 Å². The highest BCUT2D eigenvalue weighted by Crippen LogP contribution is 2.49. The SMILES string of the molecule is CC(=O)c1ccc(C(=O)[O-])c(-c2c3ccc(=[N+](C)C)cc-3oc3cc(N(C)C)ccc23)c1.CC(=O)c1ccc(C(=O)[O-])c(C2=c3cc4c5c(c3Oc3c2cc2c6c3CCCN6CCC2)CCC[N+]=5CCC4)c1. The van der Waals surface area contributed by atoms with Crippen molar-refractivity contribution in [2.24, 2.45) is 0 Å². The number of hydrogen-bond acceptors (Lipinski definition) is 10. The van der Waals surface area contributed by atoms with E-state index in [2.05, 4.69) is 21.6 Å². The van der Waals surface area contributed by atoms with Gasteiger partial charge in [-0.2, -0.15) is 0 Å². The summed E-state index contributed by atoms with van der Waals surface area (Å²) in [5.74, 6) is -0.409. The van der Waals surface area contributed by atoms with Crippen LogP contribution in [0.25, 0.3) is 39.0 Å². The normalized spacial score (nSPS) is 15.1. The molecular weight excluding hydrogens is 905 g/mol. The van der Waals surface area contributed by atoms with E-state index in [0.29, 0.717) is 39.2 Å². The highest BCUT2D eigenvalue weighted by atomic mass is 16.5. The molecule has 1 aliphatic carbocycles. The molecule has 5 aromatic carbocycles. The van der Waals surface area contributed by atoms with Crippen molar-refractivity contribution in [2.75, 3.05) is 64.2 Å². The molecule has 0 unspecified atom stereocenters. The summed E-state index contributed by atoms with van der Waals surface area (Å²) >= 11 is 0. The lowest BCUT2D eigenvalue weighted by atomic mass is 9.81. The van der Waals surface area contributed by atoms with Gasteiger partial charge >= 0.3 is 0 Å². The van der Waals surface area contributed by atoms with Gasteiger partial charge in [0.05, 0.1) is 23.6 Å². The number of nitrogens with zero attached hydrogens (tertiary/aromatic N) is 4. The van der Waals surface area contributed by atoms with Crippen LogP contribution in [0.1, 0.15) is 114 Å². The van der Waals surface area contributed by atoms with Gasteiger partial charge in [-0.15, -0.1) is 0 Å². The van der Waals surface area contributed by atoms with E-state index in [0.717, 1.165) is 127 Å². The van der Waals surface area contributed by atoms with Crippen LogP contribution in [0, 0.1) is 0 Å². The average molecular weight is 961 g/mol. The number of carboxylic acids is 2. The Hall–Kier alpha value is -7.86. The van der Waals surface area contributed by atoms with Crippen molar-refractivity contribution in [1.82, 2.24) is 9.15 Å². The van der Waals surface area contributed by atoms with Crippen molar-refractivity contribution in [1.29, 1.82) is 0 Å². The average Bonchev–Trinajstić information content (AvgIpc) is 3.37. The highest BCUT2D eigenvalue weighted by molar-refractivity contribution is 6.09. The first-order valence-corrected chi connectivity index (χ1v) is 25.0. The van der Waals surface area contributed by atoms with Gasteiger partial charge < -0.3 is 38.8 Å². The molecule has 12 nitrogen and oxygen atoms in total. The number of Topliss-reactive ketones (excluding diaryl/α,β-unsaturated/α-hetero) is 2. The third-order valence-electron chi connectivity index (χ3n) is 15.2. The number of ketones is 2. The Bertz CT molecular complexity index is 3700. The molecule has 0 saturated heterocycles. The molecule has 0 bridgehead atoms. The number of fused-ring (bicyclic) bond motifs is 6. The van der Waals surface area contributed by atoms with Gasteiger partial charge in [0.25, 0.3) is 0 Å². The van der Waals surface area contributed by atoms with E-state index < -0.39 is 11.9 Å². The number of carboxylic acid groups (broad SMARTS) is 2. The maximum Gasteiger partial charge on any atom is 0.210 e. The minimum Gasteiger partial charge on any atom is -0.545 e. The maximum absolute atomic E-state index is 12.5. The van der Waals surface area contributed by atoms with Crippen LogP contribution in [0.15, 0.2) is 89.3 Å². The lowest BCUT2D eigenvalue weighted by Gasteiger charge is -2.39. The van der Waals surface area contributed by atoms with Crippen molar-refractivity contribution < 1.29 is 38.5 Å². The summed E-state index contributed by atoms with van der Waals surface area (Å²) in [5.41, 5.74) is 13.3. The second-order valence-electron chi connectivity index (χ2n) is 20.2. The first kappa shape index (κ1) is 46.5. The van der Waals surface area contributed by atoms with E-state index in [1.54, 1.807) is 18.2 Å². The maximum atomic E-state index is 12.5. The number of rotatable bonds is 7. The number of ether oxygens (including phenoxy) is 1. The number of anilines is 2. The number of carbonyl (C=O) groups is 4. The van der Waals surface area contributed by atoms with Crippen LogP contribution >= 0.6 is 0 Å². The first-order chi connectivity index (χ1) is 34.7. The third kappa shape index (κ3) is 7.84. The molecule has 7 aliphatic rings. The van der Waals surface area contributed by atoms with E-state index in [-0.39, 0.29) is 22.7 Å². The molecule has 5 aromatic rings. The van der Waals surface area contributed by atoms with Gasteiger partial charge in [0.2, 0.25) is 10.7 Å². The topological polar surface area (TPSA) is 149 Å². The molecule has 0 amide bonds. The Morgan fingerprint density at radius 3 is 1.99 bits per heavy atom. The number of hydrogen-bond donors (Lipinski definition) is 0. The predicted octanol–water partition coefficient (Wildman–Crippen LogP) is 5.56. The molecule has 0 N–H and O–H groups in total. The van der Waals surface area contributed by atoms with Crippen molar-refractivity contribution in [2.45, 2.75) is 65.2 Å². The quantitative estimate of drug-likeness (QED) is 0.113. The standard InChI is InChI=1S/C34H32N2O4.C26H24N2O4/c1-19(37)20-10-11-23(34(38)39)26(16-20)29-27-17-21-6-2-12-35-14-4-8-24(30(21)35)32(27)40-33-25-9-5-15-36-13-3-7-22(31(25)36)18-28(29)33;1-15(29)16-6-9-19(26(30)31)22(12-16)25-20-10-7-17(27(2)3)13-23(20)32-24-14-18(28(4)5)8-11-21(24)25/h10-11,16-18H,2-9,12-15H2,1H3;6-14H,1-5H3. The molecule has 0 spiro atoms. The Morgan fingerprint density at radius 2 is 1.31 bits per heavy atom. The number of aromatic carboxylic acids is 2. The summed E-state index contributed by atoms with van der Waals surface area (Å²) in [6.45, 7) is 7.24. The summed E-state index contributed by atoms with van der Waals surface area (Å²) in [7, 11) is 7.77. The fourth-order valence-electron chi connectivity index (χ4n) is 11.8. The molecule has 12 rings (SSSR count). The fraction of sp³-hybridized carbons (Fsp3) is 0.300. The van der Waals surface area contributed by atoms with Gasteiger partial charge in [-0.05, 0) is 112 Å². The predicted molar refractivity (Wildman–Crippen MR) is 275 cm³/mol. The lowest BCUT2D eigenvalue weighted by Crippen LogP contribution is -2.45. The van der Waals surface area contributed by atoms with Gasteiger partial charge in [0.1, 0.15) is 50.0 Å². The van der Waals surface area contributed by atoms with Gasteiger partial charge in [-0.25, -0.2) is 9.15 Å². The Kier molecular flexibility index (Phi) is 11.7. The fourth-order valence-corrected chi connectivity index (χ4v) is 11.8. The third-order valence-corrected chi connectivity index (χ3v) is 15.2. The number of carbonyl (C=O) groups excluding carboxylic acids is 4. The minimum atomic E-state index is -1.30. The summed E-state index contributed by atoms with van der Waals surface area (Å²) in [6, 6.07) is 25.6. The molecule has 364 valence electrons. The van der Waals surface area contributed by atoms with Gasteiger partial charge in [0, 0.05) is 130 Å². The summed E-state index contributed by atoms with van der Waals surface area (Å²) in [6.07, 6.45) is 8.24. The van der Waals surface area contributed by atoms with E-state index in [1.165, 1.54) is 65.3 Å². The van der Waals surface area contributed by atoms with Crippen molar-refractivity contribution in [3.63, 3.8) is 0 Å². The monoisotopic (exact) mass is 960 g/mol. The zero-order valence-corrected chi connectivity index (χ0v) is 41.6. The van der Waals surface area contributed by atoms with Crippen LogP contribution in [0.3, 0.4) is 0 Å². The van der Waals surface area contributed by atoms with Crippen LogP contribution in [0.5, 0.6) is 11.5 Å². The summed E-state index contributed by atoms with van der Waals surface area (Å²) < 4.78 is 17.8. The van der Waals surface area contributed by atoms with E-state index >= 15 is 0 Å². The van der Waals surface area contributed by atoms with Crippen molar-refractivity contribution in [3.8, 4) is 33.9 Å². The van der Waals surface area contributed by atoms with Crippen LogP contribution < -0.4 is 49.8 Å². The van der Waals surface area contributed by atoms with Crippen molar-refractivity contribution in [3.05, 3.63) is 156 Å². The minimum absolute atomic E-state index is 0.0252. The van der Waals surface area contributed by atoms with Gasteiger partial charge in [-0.3, -0.25) is 9.59 Å². The molecule has 12 heteroatoms. The summed E-state index contributed by atoms with van der Waals surface area (Å²) in [4.78, 5) is 53.6. The zero-order chi connectivity index (χ0) is 50.3. The second-order valence-corrected chi connectivity index (χ2v) is 20.2. The lowest BCUT2D eigenvalue weighted by molar-refractivity contribution is -0.256. The van der Waals surface area contributed by atoms with E-state index in [4.69, 9.17) is 9.15 Å². The molecule has 6 aliphatic heterocycles. The molecule has 0 radical (unpaired) electrons. The Morgan fingerprint density at radius 1 is 0.653 bits per heavy atom. The molecule has 6 heterocycles. The largest absolute Gasteiger partial charge is 0.545 e. The molecule has 72 heavy (non-hydrogen) atoms. The van der Waals surface area contributed by atoms with Crippen LogP contribution in [-0.2, 0) is 25.7 Å². The van der Waals surface area contributed by atoms with Crippen LogP contribution in [0.4, 0.5) is 11.4 Å². The molecule has 0 aromatic heterocycles. The molecular formula is C60H56N4O8. The Labute approximate surface area is 417 Å². The van der Waals surface area contributed by atoms with Gasteiger partial charge in [0.15, 0.2) is 11.6 Å². The van der Waals surface area contributed by atoms with Crippen molar-refractivity contribution >= 4 is 51.4 Å². The highest BCUT2D eigenvalue weighted by Gasteiger charge is 2.36. The summed E-state index contributed by atoms with van der Waals surface area (Å²) in [5, 5.41) is 28.5. The Balaban J connectivity index is 0.000000160.